The monoisotopic (exact) mass is 288 g/mol. The number of thioether (sulfide) groups is 1. The van der Waals surface area contributed by atoms with Gasteiger partial charge in [0.1, 0.15) is 0 Å². The van der Waals surface area contributed by atoms with E-state index in [2.05, 4.69) is 37.9 Å². The Bertz CT molecular complexity index is 313. The van der Waals surface area contributed by atoms with Gasteiger partial charge in [0.25, 0.3) is 0 Å². The van der Waals surface area contributed by atoms with Crippen molar-refractivity contribution in [1.29, 1.82) is 0 Å². The summed E-state index contributed by atoms with van der Waals surface area (Å²) >= 11 is 5.45. The van der Waals surface area contributed by atoms with Gasteiger partial charge in [-0.05, 0) is 19.1 Å². The first-order valence-electron chi connectivity index (χ1n) is 5.46. The zero-order valence-corrected chi connectivity index (χ0v) is 11.4. The molecule has 1 aliphatic rings. The van der Waals surface area contributed by atoms with Crippen molar-refractivity contribution < 1.29 is 0 Å². The summed E-state index contributed by atoms with van der Waals surface area (Å²) in [5.74, 6) is 0. The van der Waals surface area contributed by atoms with Crippen LogP contribution in [0.15, 0.2) is 12.5 Å². The van der Waals surface area contributed by atoms with Gasteiger partial charge in [-0.1, -0.05) is 28.8 Å². The van der Waals surface area contributed by atoms with Crippen LogP contribution in [0.1, 0.15) is 37.4 Å². The highest BCUT2D eigenvalue weighted by Gasteiger charge is 2.25. The smallest absolute Gasteiger partial charge is 0.0952 e. The van der Waals surface area contributed by atoms with Gasteiger partial charge in [0.2, 0.25) is 0 Å². The molecule has 2 nitrogen and oxygen atoms in total. The van der Waals surface area contributed by atoms with E-state index in [1.165, 1.54) is 25.7 Å². The van der Waals surface area contributed by atoms with Gasteiger partial charge in [-0.25, -0.2) is 4.98 Å². The van der Waals surface area contributed by atoms with Crippen molar-refractivity contribution in [3.05, 3.63) is 18.2 Å². The second-order valence-electron chi connectivity index (χ2n) is 4.07. The van der Waals surface area contributed by atoms with Gasteiger partial charge in [0.05, 0.1) is 12.0 Å². The third-order valence-electron chi connectivity index (χ3n) is 3.15. The fourth-order valence-corrected chi connectivity index (χ4v) is 3.61. The molecule has 0 aromatic carbocycles. The third kappa shape index (κ3) is 2.59. The molecule has 1 fully saturated rings. The lowest BCUT2D eigenvalue weighted by molar-refractivity contribution is 0.364. The molecule has 1 saturated carbocycles. The van der Waals surface area contributed by atoms with E-state index in [9.17, 15) is 0 Å². The van der Waals surface area contributed by atoms with Crippen LogP contribution in [0.2, 0.25) is 0 Å². The third-order valence-corrected chi connectivity index (χ3v) is 4.88. The second kappa shape index (κ2) is 5.39. The van der Waals surface area contributed by atoms with Crippen LogP contribution in [0, 0.1) is 0 Å². The number of hydrogen-bond acceptors (Lipinski definition) is 2. The maximum atomic E-state index is 4.39. The number of hydrogen-bond donors (Lipinski definition) is 0. The Kier molecular flexibility index (Phi) is 4.14. The van der Waals surface area contributed by atoms with Crippen LogP contribution < -0.4 is 0 Å². The minimum Gasteiger partial charge on any atom is -0.333 e. The lowest BCUT2D eigenvalue weighted by Gasteiger charge is -2.31. The standard InChI is InChI=1S/C11H17BrN2S/c1-15-11-5-3-2-4-10(11)14-7-9(6-12)13-8-14/h7-8,10-11H,2-6H2,1H3. The number of nitrogens with zero attached hydrogens (tertiary/aromatic N) is 2. The molecule has 0 aliphatic heterocycles. The Balaban J connectivity index is 2.12. The second-order valence-corrected chi connectivity index (χ2v) is 5.71. The van der Waals surface area contributed by atoms with Crippen molar-refractivity contribution in [2.45, 2.75) is 42.3 Å². The Labute approximate surface area is 104 Å². The minimum atomic E-state index is 0.661. The topological polar surface area (TPSA) is 17.8 Å². The van der Waals surface area contributed by atoms with E-state index in [0.29, 0.717) is 6.04 Å². The zero-order chi connectivity index (χ0) is 10.7. The highest BCUT2D eigenvalue weighted by molar-refractivity contribution is 9.08. The molecule has 2 atom stereocenters. The first-order valence-corrected chi connectivity index (χ1v) is 7.87. The number of rotatable bonds is 3. The molecular formula is C11H17BrN2S. The van der Waals surface area contributed by atoms with Gasteiger partial charge in [0, 0.05) is 22.8 Å². The van der Waals surface area contributed by atoms with E-state index in [-0.39, 0.29) is 0 Å². The molecule has 15 heavy (non-hydrogen) atoms. The van der Waals surface area contributed by atoms with E-state index >= 15 is 0 Å². The van der Waals surface area contributed by atoms with E-state index in [0.717, 1.165) is 16.3 Å². The SMILES string of the molecule is CSC1CCCCC1n1cnc(CBr)c1. The predicted molar refractivity (Wildman–Crippen MR) is 69.7 cm³/mol. The number of halogens is 1. The molecule has 1 aliphatic carbocycles. The Morgan fingerprint density at radius 2 is 2.33 bits per heavy atom. The van der Waals surface area contributed by atoms with Crippen molar-refractivity contribution in [3.63, 3.8) is 0 Å². The van der Waals surface area contributed by atoms with E-state index in [4.69, 9.17) is 0 Å². The molecule has 0 saturated heterocycles. The fourth-order valence-electron chi connectivity index (χ4n) is 2.32. The molecular weight excluding hydrogens is 272 g/mol. The van der Waals surface area contributed by atoms with Crippen molar-refractivity contribution in [2.75, 3.05) is 6.26 Å². The maximum absolute atomic E-state index is 4.39. The molecule has 4 heteroatoms. The van der Waals surface area contributed by atoms with Crippen LogP contribution in [-0.2, 0) is 5.33 Å². The summed E-state index contributed by atoms with van der Waals surface area (Å²) in [5, 5.41) is 1.63. The van der Waals surface area contributed by atoms with Crippen molar-refractivity contribution in [2.24, 2.45) is 0 Å². The molecule has 2 unspecified atom stereocenters. The summed E-state index contributed by atoms with van der Waals surface area (Å²) in [6.07, 6.45) is 11.8. The molecule has 1 aromatic heterocycles. The van der Waals surface area contributed by atoms with Crippen LogP contribution in [0.3, 0.4) is 0 Å². The molecule has 2 rings (SSSR count). The van der Waals surface area contributed by atoms with E-state index in [1.54, 1.807) is 0 Å². The quantitative estimate of drug-likeness (QED) is 0.791. The average Bonchev–Trinajstić information content (AvgIpc) is 2.77. The van der Waals surface area contributed by atoms with E-state index < -0.39 is 0 Å². The summed E-state index contributed by atoms with van der Waals surface area (Å²) in [6, 6.07) is 0.661. The zero-order valence-electron chi connectivity index (χ0n) is 9.03. The summed E-state index contributed by atoms with van der Waals surface area (Å²) < 4.78 is 2.32. The summed E-state index contributed by atoms with van der Waals surface area (Å²) in [6.45, 7) is 0. The van der Waals surface area contributed by atoms with Crippen LogP contribution in [-0.4, -0.2) is 21.1 Å². The molecule has 0 N–H and O–H groups in total. The van der Waals surface area contributed by atoms with Gasteiger partial charge in [0.15, 0.2) is 0 Å². The first kappa shape index (κ1) is 11.5. The molecule has 1 heterocycles. The van der Waals surface area contributed by atoms with Crippen LogP contribution >= 0.6 is 27.7 Å². The highest BCUT2D eigenvalue weighted by Crippen LogP contribution is 2.35. The lowest BCUT2D eigenvalue weighted by Crippen LogP contribution is -2.24. The fraction of sp³-hybridized carbons (Fsp3) is 0.727. The van der Waals surface area contributed by atoms with E-state index in [1.807, 2.05) is 18.1 Å². The Hall–Kier alpha value is 0.0400. The summed E-state index contributed by atoms with van der Waals surface area (Å²) in [4.78, 5) is 4.39. The predicted octanol–water partition coefficient (Wildman–Crippen LogP) is 3.62. The first-order chi connectivity index (χ1) is 7.35. The molecule has 84 valence electrons. The van der Waals surface area contributed by atoms with Crippen LogP contribution in [0.25, 0.3) is 0 Å². The molecule has 0 spiro atoms. The van der Waals surface area contributed by atoms with Gasteiger partial charge in [-0.15, -0.1) is 0 Å². The molecule has 0 bridgehead atoms. The molecule has 0 amide bonds. The Morgan fingerprint density at radius 3 is 3.00 bits per heavy atom. The summed E-state index contributed by atoms with van der Waals surface area (Å²) in [7, 11) is 0. The van der Waals surface area contributed by atoms with Gasteiger partial charge in [-0.2, -0.15) is 11.8 Å². The van der Waals surface area contributed by atoms with Crippen molar-refractivity contribution >= 4 is 27.7 Å². The Morgan fingerprint density at radius 1 is 1.53 bits per heavy atom. The average molecular weight is 289 g/mol. The van der Waals surface area contributed by atoms with Gasteiger partial charge in [-0.3, -0.25) is 0 Å². The summed E-state index contributed by atoms with van der Waals surface area (Å²) in [5.41, 5.74) is 1.14. The lowest BCUT2D eigenvalue weighted by atomic mass is 9.95. The molecule has 0 radical (unpaired) electrons. The van der Waals surface area contributed by atoms with Crippen LogP contribution in [0.5, 0.6) is 0 Å². The highest BCUT2D eigenvalue weighted by atomic mass is 79.9. The maximum Gasteiger partial charge on any atom is 0.0952 e. The number of imidazole rings is 1. The normalized spacial score (nSPS) is 26.8. The van der Waals surface area contributed by atoms with Gasteiger partial charge >= 0.3 is 0 Å². The van der Waals surface area contributed by atoms with Crippen LogP contribution in [0.4, 0.5) is 0 Å². The van der Waals surface area contributed by atoms with Crippen molar-refractivity contribution in [1.82, 2.24) is 9.55 Å². The minimum absolute atomic E-state index is 0.661. The molecule has 1 aromatic rings. The number of aromatic nitrogens is 2. The largest absolute Gasteiger partial charge is 0.333 e. The number of alkyl halides is 1. The van der Waals surface area contributed by atoms with Crippen molar-refractivity contribution in [3.8, 4) is 0 Å². The van der Waals surface area contributed by atoms with Gasteiger partial charge < -0.3 is 4.57 Å².